The molecule has 1 aromatic heterocycles. The lowest BCUT2D eigenvalue weighted by Gasteiger charge is -2.04. The molecule has 0 bridgehead atoms. The first-order valence-electron chi connectivity index (χ1n) is 7.58. The van der Waals surface area contributed by atoms with Gasteiger partial charge in [-0.05, 0) is 18.1 Å². The van der Waals surface area contributed by atoms with Crippen LogP contribution in [0.1, 0.15) is 23.9 Å². The second kappa shape index (κ2) is 6.57. The van der Waals surface area contributed by atoms with E-state index in [1.165, 1.54) is 7.11 Å². The average molecular weight is 310 g/mol. The zero-order valence-corrected chi connectivity index (χ0v) is 13.2. The number of para-hydroxylation sites is 1. The Kier molecular flexibility index (Phi) is 4.33. The number of benzene rings is 2. The van der Waals surface area contributed by atoms with Crippen LogP contribution < -0.4 is 4.74 Å². The molecular formula is C19H18O4. The van der Waals surface area contributed by atoms with Crippen molar-refractivity contribution in [3.05, 3.63) is 54.3 Å². The van der Waals surface area contributed by atoms with Gasteiger partial charge in [-0.3, -0.25) is 0 Å². The van der Waals surface area contributed by atoms with Gasteiger partial charge in [-0.15, -0.1) is 0 Å². The molecule has 0 amide bonds. The summed E-state index contributed by atoms with van der Waals surface area (Å²) in [5, 5.41) is 0.778. The zero-order valence-electron chi connectivity index (χ0n) is 13.2. The van der Waals surface area contributed by atoms with Gasteiger partial charge in [-0.2, -0.15) is 0 Å². The van der Waals surface area contributed by atoms with E-state index in [0.29, 0.717) is 17.9 Å². The number of ether oxygens (including phenoxy) is 2. The summed E-state index contributed by atoms with van der Waals surface area (Å²) in [6.07, 6.45) is 0.839. The van der Waals surface area contributed by atoms with E-state index in [1.54, 1.807) is 0 Å². The fourth-order valence-corrected chi connectivity index (χ4v) is 2.52. The van der Waals surface area contributed by atoms with Crippen LogP contribution in [0.25, 0.3) is 22.1 Å². The van der Waals surface area contributed by atoms with Crippen molar-refractivity contribution in [1.82, 2.24) is 0 Å². The monoisotopic (exact) mass is 310 g/mol. The summed E-state index contributed by atoms with van der Waals surface area (Å²) in [5.74, 6) is 0.0251. The summed E-state index contributed by atoms with van der Waals surface area (Å²) in [5.41, 5.74) is 2.56. The fourth-order valence-electron chi connectivity index (χ4n) is 2.52. The van der Waals surface area contributed by atoms with Gasteiger partial charge in [0.1, 0.15) is 5.58 Å². The second-order valence-electron chi connectivity index (χ2n) is 5.15. The fraction of sp³-hybridized carbons (Fsp3) is 0.211. The van der Waals surface area contributed by atoms with Gasteiger partial charge in [0.25, 0.3) is 5.76 Å². The van der Waals surface area contributed by atoms with Gasteiger partial charge in [-0.1, -0.05) is 49.4 Å². The maximum Gasteiger partial charge on any atom is 0.377 e. The van der Waals surface area contributed by atoms with E-state index in [0.717, 1.165) is 22.9 Å². The van der Waals surface area contributed by atoms with E-state index in [1.807, 2.05) is 55.5 Å². The summed E-state index contributed by atoms with van der Waals surface area (Å²) >= 11 is 0. The highest BCUT2D eigenvalue weighted by molar-refractivity contribution is 6.03. The molecule has 23 heavy (non-hydrogen) atoms. The van der Waals surface area contributed by atoms with Crippen molar-refractivity contribution in [3.8, 4) is 16.9 Å². The number of carbonyl (C=O) groups excluding carboxylic acids is 1. The van der Waals surface area contributed by atoms with Crippen LogP contribution in [0.5, 0.6) is 5.75 Å². The number of hydrogen-bond acceptors (Lipinski definition) is 4. The number of fused-ring (bicyclic) bond motifs is 1. The van der Waals surface area contributed by atoms with E-state index in [9.17, 15) is 4.79 Å². The molecule has 118 valence electrons. The Balaban J connectivity index is 2.22. The molecule has 4 nitrogen and oxygen atoms in total. The predicted molar refractivity (Wildman–Crippen MR) is 88.8 cm³/mol. The minimum atomic E-state index is -0.536. The van der Waals surface area contributed by atoms with Gasteiger partial charge in [0, 0.05) is 5.56 Å². The van der Waals surface area contributed by atoms with E-state index >= 15 is 0 Å². The molecule has 0 saturated carbocycles. The normalized spacial score (nSPS) is 10.7. The van der Waals surface area contributed by atoms with Gasteiger partial charge in [-0.25, -0.2) is 4.79 Å². The quantitative estimate of drug-likeness (QED) is 0.642. The Bertz CT molecular complexity index is 818. The van der Waals surface area contributed by atoms with Crippen molar-refractivity contribution >= 4 is 16.9 Å². The molecular weight excluding hydrogens is 292 g/mol. The first-order valence-corrected chi connectivity index (χ1v) is 7.58. The van der Waals surface area contributed by atoms with Crippen LogP contribution in [0.2, 0.25) is 0 Å². The lowest BCUT2D eigenvalue weighted by molar-refractivity contribution is 0.0561. The molecule has 0 N–H and O–H groups in total. The van der Waals surface area contributed by atoms with Gasteiger partial charge in [0.05, 0.1) is 19.1 Å². The first-order chi connectivity index (χ1) is 11.3. The third-order valence-corrected chi connectivity index (χ3v) is 3.58. The van der Waals surface area contributed by atoms with Crippen LogP contribution in [0.3, 0.4) is 0 Å². The Morgan fingerprint density at radius 2 is 1.87 bits per heavy atom. The van der Waals surface area contributed by atoms with E-state index in [-0.39, 0.29) is 5.76 Å². The van der Waals surface area contributed by atoms with Crippen LogP contribution in [0.4, 0.5) is 0 Å². The Morgan fingerprint density at radius 1 is 1.09 bits per heavy atom. The number of furan rings is 1. The van der Waals surface area contributed by atoms with Crippen LogP contribution >= 0.6 is 0 Å². The van der Waals surface area contributed by atoms with E-state index in [4.69, 9.17) is 13.9 Å². The summed E-state index contributed by atoms with van der Waals surface area (Å²) in [6.45, 7) is 2.52. The number of methoxy groups -OCH3 is 1. The van der Waals surface area contributed by atoms with Crippen LogP contribution in [0.15, 0.2) is 52.9 Å². The molecule has 0 aliphatic rings. The molecule has 4 heteroatoms. The third kappa shape index (κ3) is 2.80. The molecule has 0 aliphatic heterocycles. The number of rotatable bonds is 5. The SMILES string of the molecule is CCCOc1c(C(=O)OC)oc2c(-c3ccccc3)cccc12. The molecule has 0 fully saturated rings. The highest BCUT2D eigenvalue weighted by Crippen LogP contribution is 2.39. The van der Waals surface area contributed by atoms with Crippen molar-refractivity contribution in [2.24, 2.45) is 0 Å². The van der Waals surface area contributed by atoms with Crippen LogP contribution in [-0.2, 0) is 4.74 Å². The summed E-state index contributed by atoms with van der Waals surface area (Å²) in [4.78, 5) is 12.0. The molecule has 0 atom stereocenters. The van der Waals surface area contributed by atoms with Gasteiger partial charge in [0.15, 0.2) is 5.75 Å². The highest BCUT2D eigenvalue weighted by Gasteiger charge is 2.24. The molecule has 3 rings (SSSR count). The summed E-state index contributed by atoms with van der Waals surface area (Å²) in [7, 11) is 1.33. The van der Waals surface area contributed by atoms with E-state index < -0.39 is 5.97 Å². The molecule has 2 aromatic carbocycles. The second-order valence-corrected chi connectivity index (χ2v) is 5.15. The molecule has 0 aliphatic carbocycles. The molecule has 0 saturated heterocycles. The van der Waals surface area contributed by atoms with E-state index in [2.05, 4.69) is 0 Å². The van der Waals surface area contributed by atoms with Crippen LogP contribution in [-0.4, -0.2) is 19.7 Å². The van der Waals surface area contributed by atoms with Gasteiger partial charge in [0.2, 0.25) is 0 Å². The molecule has 0 unspecified atom stereocenters. The Morgan fingerprint density at radius 3 is 2.57 bits per heavy atom. The smallest absolute Gasteiger partial charge is 0.377 e. The van der Waals surface area contributed by atoms with Gasteiger partial charge < -0.3 is 13.9 Å². The Labute approximate surface area is 134 Å². The molecule has 0 radical (unpaired) electrons. The van der Waals surface area contributed by atoms with Crippen molar-refractivity contribution in [1.29, 1.82) is 0 Å². The van der Waals surface area contributed by atoms with Gasteiger partial charge >= 0.3 is 5.97 Å². The minimum absolute atomic E-state index is 0.110. The average Bonchev–Trinajstić information content (AvgIpc) is 2.98. The standard InChI is InChI=1S/C19H18O4/c1-3-12-22-17-15-11-7-10-14(13-8-5-4-6-9-13)16(15)23-18(17)19(20)21-2/h4-11H,3,12H2,1-2H3. The van der Waals surface area contributed by atoms with Crippen molar-refractivity contribution in [2.75, 3.05) is 13.7 Å². The maximum atomic E-state index is 12.0. The van der Waals surface area contributed by atoms with Crippen LogP contribution in [0, 0.1) is 0 Å². The largest absolute Gasteiger partial charge is 0.489 e. The van der Waals surface area contributed by atoms with Crippen molar-refractivity contribution < 1.29 is 18.7 Å². The zero-order chi connectivity index (χ0) is 16.2. The number of carbonyl (C=O) groups is 1. The van der Waals surface area contributed by atoms with Crippen molar-refractivity contribution in [2.45, 2.75) is 13.3 Å². The third-order valence-electron chi connectivity index (χ3n) is 3.58. The topological polar surface area (TPSA) is 48.7 Å². The molecule has 0 spiro atoms. The molecule has 1 heterocycles. The number of hydrogen-bond donors (Lipinski definition) is 0. The lowest BCUT2D eigenvalue weighted by Crippen LogP contribution is -2.04. The molecule has 3 aromatic rings. The minimum Gasteiger partial charge on any atom is -0.489 e. The predicted octanol–water partition coefficient (Wildman–Crippen LogP) is 4.68. The van der Waals surface area contributed by atoms with Crippen molar-refractivity contribution in [3.63, 3.8) is 0 Å². The summed E-state index contributed by atoms with van der Waals surface area (Å²) in [6, 6.07) is 15.7. The lowest BCUT2D eigenvalue weighted by atomic mass is 10.0. The Hall–Kier alpha value is -2.75. The number of esters is 1. The highest BCUT2D eigenvalue weighted by atomic mass is 16.5. The summed E-state index contributed by atoms with van der Waals surface area (Å²) < 4.78 is 16.4. The maximum absolute atomic E-state index is 12.0. The first kappa shape index (κ1) is 15.2.